The van der Waals surface area contributed by atoms with Crippen LogP contribution < -0.4 is 5.73 Å². The molecule has 1 heterocycles. The first-order valence-electron chi connectivity index (χ1n) is 6.54. The molecule has 0 aromatic heterocycles. The van der Waals surface area contributed by atoms with Crippen molar-refractivity contribution in [3.63, 3.8) is 0 Å². The van der Waals surface area contributed by atoms with Gasteiger partial charge in [-0.15, -0.1) is 0 Å². The van der Waals surface area contributed by atoms with Crippen LogP contribution in [0.15, 0.2) is 17.0 Å². The van der Waals surface area contributed by atoms with Crippen LogP contribution >= 0.6 is 23.2 Å². The number of hydrogen-bond acceptors (Lipinski definition) is 4. The van der Waals surface area contributed by atoms with E-state index >= 15 is 0 Å². The standard InChI is InChI=1S/C13H18Cl2N2O3S/c1-8-3-4-17(7-12(8)20-2)21(18,19)13-10(15)5-9(14)6-11(13)16/h5-6,8,12H,3-4,7,16H2,1-2H3. The lowest BCUT2D eigenvalue weighted by molar-refractivity contribution is 0.0184. The van der Waals surface area contributed by atoms with Crippen molar-refractivity contribution in [3.8, 4) is 0 Å². The van der Waals surface area contributed by atoms with Crippen LogP contribution in [0.3, 0.4) is 0 Å². The molecule has 21 heavy (non-hydrogen) atoms. The lowest BCUT2D eigenvalue weighted by atomic mass is 9.97. The van der Waals surface area contributed by atoms with Gasteiger partial charge in [0.15, 0.2) is 0 Å². The van der Waals surface area contributed by atoms with Gasteiger partial charge in [-0.1, -0.05) is 30.1 Å². The summed E-state index contributed by atoms with van der Waals surface area (Å²) in [5.41, 5.74) is 5.86. The minimum atomic E-state index is -3.77. The number of benzene rings is 1. The van der Waals surface area contributed by atoms with Gasteiger partial charge >= 0.3 is 0 Å². The molecule has 0 aliphatic carbocycles. The molecule has 0 amide bonds. The van der Waals surface area contributed by atoms with Crippen molar-refractivity contribution < 1.29 is 13.2 Å². The summed E-state index contributed by atoms with van der Waals surface area (Å²) in [6.45, 7) is 2.75. The van der Waals surface area contributed by atoms with Gasteiger partial charge in [-0.05, 0) is 24.5 Å². The molecule has 0 saturated carbocycles. The zero-order valence-electron chi connectivity index (χ0n) is 11.8. The number of nitrogens with two attached hydrogens (primary N) is 1. The van der Waals surface area contributed by atoms with E-state index in [-0.39, 0.29) is 21.7 Å². The number of rotatable bonds is 3. The molecule has 0 radical (unpaired) electrons. The van der Waals surface area contributed by atoms with Gasteiger partial charge in [-0.25, -0.2) is 8.42 Å². The average Bonchev–Trinajstić information content (AvgIpc) is 2.37. The minimum Gasteiger partial charge on any atom is -0.398 e. The Labute approximate surface area is 135 Å². The number of hydrogen-bond donors (Lipinski definition) is 1. The molecular formula is C13H18Cl2N2O3S. The van der Waals surface area contributed by atoms with Crippen molar-refractivity contribution in [2.45, 2.75) is 24.3 Å². The third kappa shape index (κ3) is 3.29. The zero-order chi connectivity index (χ0) is 15.8. The van der Waals surface area contributed by atoms with E-state index in [2.05, 4.69) is 0 Å². The molecule has 1 aliphatic rings. The van der Waals surface area contributed by atoms with Crippen LogP contribution in [-0.4, -0.2) is 39.0 Å². The maximum Gasteiger partial charge on any atom is 0.246 e. The fourth-order valence-electron chi connectivity index (χ4n) is 2.51. The monoisotopic (exact) mass is 352 g/mol. The van der Waals surface area contributed by atoms with Gasteiger partial charge in [0.1, 0.15) is 4.90 Å². The molecule has 1 aliphatic heterocycles. The number of ether oxygens (including phenoxy) is 1. The van der Waals surface area contributed by atoms with E-state index in [4.69, 9.17) is 33.7 Å². The first-order valence-corrected chi connectivity index (χ1v) is 8.74. The number of nitrogens with zero attached hydrogens (tertiary/aromatic N) is 1. The average molecular weight is 353 g/mol. The molecule has 2 N–H and O–H groups in total. The van der Waals surface area contributed by atoms with Crippen LogP contribution in [0.5, 0.6) is 0 Å². The van der Waals surface area contributed by atoms with Crippen molar-refractivity contribution in [1.29, 1.82) is 0 Å². The maximum absolute atomic E-state index is 12.8. The summed E-state index contributed by atoms with van der Waals surface area (Å²) in [6.07, 6.45) is 0.587. The van der Waals surface area contributed by atoms with Gasteiger partial charge < -0.3 is 10.5 Å². The van der Waals surface area contributed by atoms with Crippen molar-refractivity contribution in [3.05, 3.63) is 22.2 Å². The van der Waals surface area contributed by atoms with Crippen LogP contribution in [-0.2, 0) is 14.8 Å². The normalized spacial score (nSPS) is 24.2. The summed E-state index contributed by atoms with van der Waals surface area (Å²) in [5, 5.41) is 0.339. The molecule has 2 atom stereocenters. The first kappa shape index (κ1) is 16.8. The summed E-state index contributed by atoms with van der Waals surface area (Å²) in [5.74, 6) is 0.305. The fourth-order valence-corrected chi connectivity index (χ4v) is 4.92. The highest BCUT2D eigenvalue weighted by molar-refractivity contribution is 7.89. The number of anilines is 1. The summed E-state index contributed by atoms with van der Waals surface area (Å²) in [7, 11) is -2.18. The number of halogens is 2. The Bertz CT molecular complexity index is 613. The highest BCUT2D eigenvalue weighted by Gasteiger charge is 2.36. The number of sulfonamides is 1. The summed E-state index contributed by atoms with van der Waals surface area (Å²) >= 11 is 11.9. The predicted octanol–water partition coefficient (Wildman–Crippen LogP) is 2.62. The Hall–Kier alpha value is -0.530. The van der Waals surface area contributed by atoms with E-state index in [0.29, 0.717) is 24.0 Å². The number of nitrogen functional groups attached to an aromatic ring is 1. The molecule has 1 aromatic carbocycles. The van der Waals surface area contributed by atoms with Crippen LogP contribution in [0.4, 0.5) is 5.69 Å². The highest BCUT2D eigenvalue weighted by atomic mass is 35.5. The van der Waals surface area contributed by atoms with Gasteiger partial charge in [0.25, 0.3) is 0 Å². The molecular weight excluding hydrogens is 335 g/mol. The maximum atomic E-state index is 12.8. The highest BCUT2D eigenvalue weighted by Crippen LogP contribution is 2.35. The topological polar surface area (TPSA) is 72.6 Å². The van der Waals surface area contributed by atoms with Crippen LogP contribution in [0, 0.1) is 5.92 Å². The largest absolute Gasteiger partial charge is 0.398 e. The van der Waals surface area contributed by atoms with Gasteiger partial charge in [0.05, 0.1) is 16.8 Å². The molecule has 5 nitrogen and oxygen atoms in total. The van der Waals surface area contributed by atoms with E-state index in [9.17, 15) is 8.42 Å². The fraction of sp³-hybridized carbons (Fsp3) is 0.538. The zero-order valence-corrected chi connectivity index (χ0v) is 14.2. The smallest absolute Gasteiger partial charge is 0.246 e. The number of methoxy groups -OCH3 is 1. The molecule has 0 bridgehead atoms. The molecule has 118 valence electrons. The molecule has 1 saturated heterocycles. The third-order valence-electron chi connectivity index (χ3n) is 3.79. The SMILES string of the molecule is COC1CN(S(=O)(=O)c2c(N)cc(Cl)cc2Cl)CCC1C. The Balaban J connectivity index is 2.39. The van der Waals surface area contributed by atoms with Crippen molar-refractivity contribution in [1.82, 2.24) is 4.31 Å². The Morgan fingerprint density at radius 2 is 2.05 bits per heavy atom. The van der Waals surface area contributed by atoms with E-state index in [1.54, 1.807) is 7.11 Å². The minimum absolute atomic E-state index is 0.0348. The quantitative estimate of drug-likeness (QED) is 0.848. The lowest BCUT2D eigenvalue weighted by Gasteiger charge is -2.35. The Morgan fingerprint density at radius 3 is 2.62 bits per heavy atom. The van der Waals surface area contributed by atoms with Crippen molar-refractivity contribution in [2.24, 2.45) is 5.92 Å². The first-order chi connectivity index (χ1) is 9.77. The second-order valence-corrected chi connectivity index (χ2v) is 7.93. The van der Waals surface area contributed by atoms with Gasteiger partial charge in [-0.3, -0.25) is 0 Å². The van der Waals surface area contributed by atoms with Gasteiger partial charge in [0.2, 0.25) is 10.0 Å². The van der Waals surface area contributed by atoms with Gasteiger partial charge in [-0.2, -0.15) is 4.31 Å². The van der Waals surface area contributed by atoms with Crippen LogP contribution in [0.1, 0.15) is 13.3 Å². The molecule has 0 spiro atoms. The summed E-state index contributed by atoms with van der Waals surface area (Å²) in [6, 6.07) is 2.77. The summed E-state index contributed by atoms with van der Waals surface area (Å²) in [4.78, 5) is -0.0852. The van der Waals surface area contributed by atoms with Crippen LogP contribution in [0.25, 0.3) is 0 Å². The molecule has 8 heteroatoms. The predicted molar refractivity (Wildman–Crippen MR) is 84.2 cm³/mol. The third-order valence-corrected chi connectivity index (χ3v) is 6.40. The molecule has 2 unspecified atom stereocenters. The second-order valence-electron chi connectivity index (χ2n) is 5.21. The van der Waals surface area contributed by atoms with E-state index < -0.39 is 10.0 Å². The van der Waals surface area contributed by atoms with Gasteiger partial charge in [0, 0.05) is 25.2 Å². The Morgan fingerprint density at radius 1 is 1.38 bits per heavy atom. The summed E-state index contributed by atoms with van der Waals surface area (Å²) < 4.78 is 32.3. The lowest BCUT2D eigenvalue weighted by Crippen LogP contribution is -2.46. The van der Waals surface area contributed by atoms with Crippen molar-refractivity contribution in [2.75, 3.05) is 25.9 Å². The van der Waals surface area contributed by atoms with E-state index in [1.807, 2.05) is 6.92 Å². The molecule has 2 rings (SSSR count). The molecule has 1 aromatic rings. The number of piperidine rings is 1. The Kier molecular flexibility index (Phi) is 5.05. The van der Waals surface area contributed by atoms with E-state index in [0.717, 1.165) is 6.42 Å². The van der Waals surface area contributed by atoms with E-state index in [1.165, 1.54) is 16.4 Å². The van der Waals surface area contributed by atoms with Crippen LogP contribution in [0.2, 0.25) is 10.0 Å². The van der Waals surface area contributed by atoms with Crippen molar-refractivity contribution >= 4 is 38.9 Å². The molecule has 1 fully saturated rings. The second kappa shape index (κ2) is 6.30.